The molecule has 2 rings (SSSR count). The Morgan fingerprint density at radius 1 is 1.43 bits per heavy atom. The third kappa shape index (κ3) is 4.25. The molecule has 1 fully saturated rings. The first kappa shape index (κ1) is 16.4. The van der Waals surface area contributed by atoms with Gasteiger partial charge in [-0.25, -0.2) is 0 Å². The zero-order valence-corrected chi connectivity index (χ0v) is 14.4. The van der Waals surface area contributed by atoms with Gasteiger partial charge in [-0.3, -0.25) is 0 Å². The van der Waals surface area contributed by atoms with Crippen LogP contribution in [-0.2, 0) is 6.54 Å². The van der Waals surface area contributed by atoms with E-state index in [-0.39, 0.29) is 0 Å². The molecular formula is C18H24BrNO. The maximum Gasteiger partial charge on any atom is 0.148 e. The highest BCUT2D eigenvalue weighted by atomic mass is 79.9. The van der Waals surface area contributed by atoms with Crippen molar-refractivity contribution < 1.29 is 4.74 Å². The van der Waals surface area contributed by atoms with Crippen LogP contribution in [0.1, 0.15) is 38.7 Å². The van der Waals surface area contributed by atoms with Gasteiger partial charge in [0, 0.05) is 22.6 Å². The van der Waals surface area contributed by atoms with E-state index in [1.807, 2.05) is 12.1 Å². The molecule has 1 aliphatic carbocycles. The number of rotatable bonds is 6. The third-order valence-electron chi connectivity index (χ3n) is 4.64. The molecule has 0 saturated heterocycles. The Bertz CT molecular complexity index is 508. The molecule has 1 N–H and O–H groups in total. The van der Waals surface area contributed by atoms with Crippen LogP contribution in [0, 0.1) is 24.2 Å². The smallest absolute Gasteiger partial charge is 0.148 e. The number of hydrogen-bond donors (Lipinski definition) is 1. The average Bonchev–Trinajstić information content (AvgIpc) is 2.84. The normalized spacial score (nSPS) is 24.8. The van der Waals surface area contributed by atoms with E-state index in [2.05, 4.69) is 47.1 Å². The molecular weight excluding hydrogens is 326 g/mol. The van der Waals surface area contributed by atoms with Crippen LogP contribution in [-0.4, -0.2) is 12.6 Å². The van der Waals surface area contributed by atoms with Crippen molar-refractivity contribution in [2.45, 2.75) is 45.7 Å². The summed E-state index contributed by atoms with van der Waals surface area (Å²) in [5, 5.41) is 3.70. The molecule has 0 radical (unpaired) electrons. The first-order valence-corrected chi connectivity index (χ1v) is 8.53. The summed E-state index contributed by atoms with van der Waals surface area (Å²) in [4.78, 5) is 0. The van der Waals surface area contributed by atoms with E-state index in [0.29, 0.717) is 12.6 Å². The molecule has 0 aliphatic heterocycles. The molecule has 1 saturated carbocycles. The summed E-state index contributed by atoms with van der Waals surface area (Å²) in [6, 6.07) is 6.68. The summed E-state index contributed by atoms with van der Waals surface area (Å²) in [5.74, 6) is 5.01. The fraction of sp³-hybridized carbons (Fsp3) is 0.556. The molecule has 2 nitrogen and oxygen atoms in total. The Balaban J connectivity index is 1.99. The van der Waals surface area contributed by atoms with Crippen molar-refractivity contribution in [3.05, 3.63) is 28.2 Å². The van der Waals surface area contributed by atoms with E-state index < -0.39 is 0 Å². The Morgan fingerprint density at radius 2 is 2.24 bits per heavy atom. The number of ether oxygens (including phenoxy) is 1. The van der Waals surface area contributed by atoms with E-state index in [1.54, 1.807) is 0 Å². The van der Waals surface area contributed by atoms with Crippen molar-refractivity contribution in [3.63, 3.8) is 0 Å². The molecule has 21 heavy (non-hydrogen) atoms. The maximum absolute atomic E-state index is 5.63. The fourth-order valence-electron chi connectivity index (χ4n) is 3.30. The third-order valence-corrected chi connectivity index (χ3v) is 5.13. The van der Waals surface area contributed by atoms with Crippen LogP contribution in [0.25, 0.3) is 0 Å². The highest BCUT2D eigenvalue weighted by molar-refractivity contribution is 9.10. The lowest BCUT2D eigenvalue weighted by Crippen LogP contribution is -2.32. The summed E-state index contributed by atoms with van der Waals surface area (Å²) in [7, 11) is 0. The Hall–Kier alpha value is -0.980. The molecule has 0 aromatic heterocycles. The van der Waals surface area contributed by atoms with E-state index in [9.17, 15) is 0 Å². The second kappa shape index (κ2) is 7.87. The zero-order valence-electron chi connectivity index (χ0n) is 12.9. The van der Waals surface area contributed by atoms with Gasteiger partial charge >= 0.3 is 0 Å². The van der Waals surface area contributed by atoms with Crippen LogP contribution in [0.4, 0.5) is 0 Å². The summed E-state index contributed by atoms with van der Waals surface area (Å²) in [5.41, 5.74) is 1.16. The lowest BCUT2D eigenvalue weighted by Gasteiger charge is -2.21. The van der Waals surface area contributed by atoms with Crippen LogP contribution < -0.4 is 10.1 Å². The minimum absolute atomic E-state index is 0.312. The topological polar surface area (TPSA) is 21.3 Å². The minimum atomic E-state index is 0.312. The van der Waals surface area contributed by atoms with E-state index in [4.69, 9.17) is 11.2 Å². The molecule has 1 aromatic rings. The number of benzene rings is 1. The van der Waals surface area contributed by atoms with Gasteiger partial charge in [-0.2, -0.15) is 0 Å². The summed E-state index contributed by atoms with van der Waals surface area (Å²) in [6.45, 7) is 5.80. The predicted molar refractivity (Wildman–Crippen MR) is 91.3 cm³/mol. The number of nitrogens with one attached hydrogen (secondary N) is 1. The number of halogens is 1. The van der Waals surface area contributed by atoms with E-state index in [1.165, 1.54) is 19.3 Å². The van der Waals surface area contributed by atoms with Gasteiger partial charge in [-0.1, -0.05) is 42.1 Å². The summed E-state index contributed by atoms with van der Waals surface area (Å²) < 4.78 is 6.70. The highest BCUT2D eigenvalue weighted by Gasteiger charge is 2.31. The molecule has 3 heteroatoms. The first-order valence-electron chi connectivity index (χ1n) is 7.73. The van der Waals surface area contributed by atoms with Gasteiger partial charge in [0.25, 0.3) is 0 Å². The van der Waals surface area contributed by atoms with Crippen molar-refractivity contribution in [3.8, 4) is 18.1 Å². The minimum Gasteiger partial charge on any atom is -0.481 e. The fourth-order valence-corrected chi connectivity index (χ4v) is 3.71. The van der Waals surface area contributed by atoms with E-state index >= 15 is 0 Å². The number of terminal acetylenes is 1. The second-order valence-corrected chi connectivity index (χ2v) is 6.75. The number of hydrogen-bond acceptors (Lipinski definition) is 2. The first-order chi connectivity index (χ1) is 10.2. The van der Waals surface area contributed by atoms with Crippen LogP contribution in [0.15, 0.2) is 22.7 Å². The van der Waals surface area contributed by atoms with Gasteiger partial charge in [-0.05, 0) is 42.9 Å². The van der Waals surface area contributed by atoms with Gasteiger partial charge in [-0.15, -0.1) is 6.42 Å². The van der Waals surface area contributed by atoms with Crippen molar-refractivity contribution in [1.29, 1.82) is 0 Å². The lowest BCUT2D eigenvalue weighted by atomic mass is 9.93. The van der Waals surface area contributed by atoms with Gasteiger partial charge in [0.2, 0.25) is 0 Å². The van der Waals surface area contributed by atoms with E-state index in [0.717, 1.165) is 34.2 Å². The average molecular weight is 350 g/mol. The molecule has 1 aliphatic rings. The maximum atomic E-state index is 5.63. The van der Waals surface area contributed by atoms with Crippen molar-refractivity contribution in [2.75, 3.05) is 6.61 Å². The van der Waals surface area contributed by atoms with Gasteiger partial charge in [0.1, 0.15) is 12.4 Å². The van der Waals surface area contributed by atoms with Crippen LogP contribution in [0.2, 0.25) is 0 Å². The molecule has 0 heterocycles. The molecule has 3 unspecified atom stereocenters. The molecule has 1 aromatic carbocycles. The molecule has 114 valence electrons. The van der Waals surface area contributed by atoms with Crippen LogP contribution in [0.5, 0.6) is 5.75 Å². The van der Waals surface area contributed by atoms with Crippen LogP contribution in [0.3, 0.4) is 0 Å². The largest absolute Gasteiger partial charge is 0.481 e. The van der Waals surface area contributed by atoms with Gasteiger partial charge in [0.15, 0.2) is 0 Å². The van der Waals surface area contributed by atoms with Gasteiger partial charge in [0.05, 0.1) is 0 Å². The van der Waals surface area contributed by atoms with Crippen molar-refractivity contribution in [1.82, 2.24) is 5.32 Å². The summed E-state index contributed by atoms with van der Waals surface area (Å²) in [6.07, 6.45) is 9.18. The molecule has 0 spiro atoms. The predicted octanol–water partition coefficient (Wildman–Crippen LogP) is 4.38. The Labute approximate surface area is 136 Å². The standard InChI is InChI=1S/C18H24BrNO/c1-4-10-21-18-9-7-16(19)11-15(18)12-20-17-8-6-14(5-2)13(17)3/h1,7,9,11,13-14,17,20H,5-6,8,10,12H2,2-3H3. The Morgan fingerprint density at radius 3 is 2.90 bits per heavy atom. The molecule has 3 atom stereocenters. The monoisotopic (exact) mass is 349 g/mol. The van der Waals surface area contributed by atoms with Crippen molar-refractivity contribution >= 4 is 15.9 Å². The highest BCUT2D eigenvalue weighted by Crippen LogP contribution is 2.34. The zero-order chi connectivity index (χ0) is 15.2. The Kier molecular flexibility index (Phi) is 6.14. The summed E-state index contributed by atoms with van der Waals surface area (Å²) >= 11 is 3.53. The quantitative estimate of drug-likeness (QED) is 0.769. The van der Waals surface area contributed by atoms with Gasteiger partial charge < -0.3 is 10.1 Å². The second-order valence-electron chi connectivity index (χ2n) is 5.84. The SMILES string of the molecule is C#CCOc1ccc(Br)cc1CNC1CCC(CC)C1C. The molecule has 0 amide bonds. The van der Waals surface area contributed by atoms with Crippen LogP contribution >= 0.6 is 15.9 Å². The lowest BCUT2D eigenvalue weighted by molar-refractivity contribution is 0.337. The van der Waals surface area contributed by atoms with Crippen molar-refractivity contribution in [2.24, 2.45) is 11.8 Å². The molecule has 0 bridgehead atoms.